The van der Waals surface area contributed by atoms with E-state index < -0.39 is 71.1 Å². The van der Waals surface area contributed by atoms with E-state index in [0.717, 1.165) is 25.0 Å². The number of nitrogens with one attached hydrogen (secondary N) is 1. The van der Waals surface area contributed by atoms with Crippen molar-refractivity contribution in [3.05, 3.63) is 89.4 Å². The topological polar surface area (TPSA) is 159 Å². The molecule has 1 spiro atoms. The van der Waals surface area contributed by atoms with E-state index in [1.807, 2.05) is 0 Å². The van der Waals surface area contributed by atoms with Gasteiger partial charge in [0, 0.05) is 23.1 Å². The van der Waals surface area contributed by atoms with Gasteiger partial charge in [0.05, 0.1) is 25.5 Å². The number of rotatable bonds is 8. The van der Waals surface area contributed by atoms with Gasteiger partial charge in [0.1, 0.15) is 42.5 Å². The SMILES string of the molecule is CC1(C)OC[C@H]2O[C@]3(OCC[C@H]3NC(=O)c3ccc(F)c4ccccc34)[C@H](OCc3nnn(C4CCCCO4)n3)[C@@H](n3cc(-c4cc(F)c(F)c(F)c4)nn3)[C@H]2O1. The molecule has 9 rings (SSSR count). The summed E-state index contributed by atoms with van der Waals surface area (Å²) in [6.45, 7) is 3.96. The molecule has 0 bridgehead atoms. The Balaban J connectivity index is 1.11. The van der Waals surface area contributed by atoms with Gasteiger partial charge in [0.2, 0.25) is 11.6 Å². The Morgan fingerprint density at radius 2 is 1.74 bits per heavy atom. The monoisotopic (exact) mass is 794 g/mol. The molecule has 6 heterocycles. The van der Waals surface area contributed by atoms with Crippen molar-refractivity contribution in [2.75, 3.05) is 19.8 Å². The number of fused-ring (bicyclic) bond motifs is 2. The Morgan fingerprint density at radius 1 is 0.930 bits per heavy atom. The summed E-state index contributed by atoms with van der Waals surface area (Å²) in [6, 6.07) is 9.10. The highest BCUT2D eigenvalue weighted by atomic mass is 19.2. The highest BCUT2D eigenvalue weighted by Gasteiger charge is 2.65. The first kappa shape index (κ1) is 37.6. The predicted octanol–water partition coefficient (Wildman–Crippen LogP) is 4.93. The lowest BCUT2D eigenvalue weighted by molar-refractivity contribution is -0.407. The van der Waals surface area contributed by atoms with Crippen LogP contribution in [-0.2, 0) is 35.0 Å². The lowest BCUT2D eigenvalue weighted by atomic mass is 9.85. The Labute approximate surface area is 322 Å². The number of benzene rings is 3. The van der Waals surface area contributed by atoms with E-state index in [2.05, 4.69) is 31.0 Å². The lowest BCUT2D eigenvalue weighted by Gasteiger charge is -2.55. The third kappa shape index (κ3) is 6.95. The molecule has 1 amide bonds. The second kappa shape index (κ2) is 14.8. The minimum atomic E-state index is -1.74. The first-order chi connectivity index (χ1) is 27.5. The molecule has 4 aliphatic rings. The molecule has 4 aliphatic heterocycles. The van der Waals surface area contributed by atoms with Crippen molar-refractivity contribution in [2.45, 2.75) is 94.3 Å². The molecule has 19 heteroatoms. The summed E-state index contributed by atoms with van der Waals surface area (Å²) in [5, 5.41) is 25.3. The molecule has 1 N–H and O–H groups in total. The van der Waals surface area contributed by atoms with E-state index in [9.17, 15) is 22.4 Å². The Kier molecular flexibility index (Phi) is 9.77. The second-order valence-electron chi connectivity index (χ2n) is 14.9. The summed E-state index contributed by atoms with van der Waals surface area (Å²) in [4.78, 5) is 15.6. The van der Waals surface area contributed by atoms with Crippen LogP contribution >= 0.6 is 0 Å². The Hall–Kier alpha value is -4.92. The fourth-order valence-corrected chi connectivity index (χ4v) is 8.09. The highest BCUT2D eigenvalue weighted by molar-refractivity contribution is 6.07. The zero-order valence-corrected chi connectivity index (χ0v) is 30.8. The first-order valence-electron chi connectivity index (χ1n) is 18.7. The van der Waals surface area contributed by atoms with Crippen LogP contribution in [-0.4, -0.2) is 96.9 Å². The van der Waals surface area contributed by atoms with Crippen molar-refractivity contribution in [1.29, 1.82) is 0 Å². The van der Waals surface area contributed by atoms with Crippen molar-refractivity contribution < 1.29 is 50.8 Å². The van der Waals surface area contributed by atoms with Gasteiger partial charge in [0.25, 0.3) is 5.91 Å². The van der Waals surface area contributed by atoms with Crippen LogP contribution in [0.25, 0.3) is 22.0 Å². The number of tetrazole rings is 1. The van der Waals surface area contributed by atoms with Crippen molar-refractivity contribution in [1.82, 2.24) is 40.5 Å². The number of ether oxygens (including phenoxy) is 6. The quantitative estimate of drug-likeness (QED) is 0.167. The van der Waals surface area contributed by atoms with Crippen LogP contribution in [0.3, 0.4) is 0 Å². The maximum atomic E-state index is 14.8. The van der Waals surface area contributed by atoms with E-state index in [4.69, 9.17) is 28.4 Å². The molecule has 15 nitrogen and oxygen atoms in total. The zero-order valence-electron chi connectivity index (χ0n) is 30.8. The van der Waals surface area contributed by atoms with Crippen LogP contribution in [0.2, 0.25) is 0 Å². The van der Waals surface area contributed by atoms with Crippen molar-refractivity contribution in [2.24, 2.45) is 0 Å². The lowest BCUT2D eigenvalue weighted by Crippen LogP contribution is -2.71. The molecule has 2 aromatic heterocycles. The van der Waals surface area contributed by atoms with Gasteiger partial charge >= 0.3 is 0 Å². The number of carbonyl (C=O) groups excluding carboxylic acids is 1. The molecule has 3 aromatic carbocycles. The molecule has 0 radical (unpaired) electrons. The van der Waals surface area contributed by atoms with Gasteiger partial charge in [-0.1, -0.05) is 29.5 Å². The molecule has 4 fully saturated rings. The minimum Gasteiger partial charge on any atom is -0.362 e. The number of hydrogen-bond donors (Lipinski definition) is 1. The van der Waals surface area contributed by atoms with Gasteiger partial charge < -0.3 is 33.7 Å². The first-order valence-corrected chi connectivity index (χ1v) is 18.7. The predicted molar refractivity (Wildman–Crippen MR) is 188 cm³/mol. The van der Waals surface area contributed by atoms with Crippen LogP contribution in [0, 0.1) is 23.3 Å². The van der Waals surface area contributed by atoms with E-state index in [1.54, 1.807) is 38.1 Å². The average molecular weight is 795 g/mol. The van der Waals surface area contributed by atoms with Crippen molar-refractivity contribution >= 4 is 16.7 Å². The minimum absolute atomic E-state index is 0.0208. The van der Waals surface area contributed by atoms with Gasteiger partial charge in [-0.2, -0.15) is 0 Å². The summed E-state index contributed by atoms with van der Waals surface area (Å²) >= 11 is 0. The molecular weight excluding hydrogens is 756 g/mol. The van der Waals surface area contributed by atoms with Crippen LogP contribution in [0.1, 0.15) is 68.0 Å². The molecule has 5 aromatic rings. The standard InChI is InChI=1S/C38H38F4N8O7/c1-37(2)55-18-28-34(57-37)33(49-17-27(44-47-49)20-15-25(40)32(42)26(41)16-20)35(53-19-30-45-48-50(46-30)31-9-5-6-13-52-31)38(56-28)29(12-14-54-38)43-36(51)23-10-11-24(39)22-8-4-3-7-21(22)23/h3-4,7-8,10-11,15-17,28-29,31,33-35H,5-6,9,12-14,18-19H2,1-2H3,(H,43,51)/t28-,29-,31?,33+,34+,35-,38+/m1/s1. The Morgan fingerprint density at radius 3 is 2.53 bits per heavy atom. The third-order valence-electron chi connectivity index (χ3n) is 10.8. The number of carbonyl (C=O) groups is 1. The van der Waals surface area contributed by atoms with Gasteiger partial charge in [-0.15, -0.1) is 20.1 Å². The van der Waals surface area contributed by atoms with Gasteiger partial charge in [0.15, 0.2) is 29.5 Å². The average Bonchev–Trinajstić information content (AvgIpc) is 3.98. The van der Waals surface area contributed by atoms with Gasteiger partial charge in [-0.3, -0.25) is 4.79 Å². The third-order valence-corrected chi connectivity index (χ3v) is 10.8. The Bertz CT molecular complexity index is 2280. The number of halogens is 4. The van der Waals surface area contributed by atoms with Gasteiger partial charge in [-0.05, 0) is 74.4 Å². The van der Waals surface area contributed by atoms with Crippen LogP contribution in [0.4, 0.5) is 17.6 Å². The largest absolute Gasteiger partial charge is 0.362 e. The van der Waals surface area contributed by atoms with Crippen molar-refractivity contribution in [3.63, 3.8) is 0 Å². The van der Waals surface area contributed by atoms with E-state index in [1.165, 1.54) is 27.8 Å². The normalized spacial score (nSPS) is 28.5. The fraction of sp³-hybridized carbons (Fsp3) is 0.474. The second-order valence-corrected chi connectivity index (χ2v) is 14.9. The summed E-state index contributed by atoms with van der Waals surface area (Å²) in [5.41, 5.74) is 0.182. The maximum Gasteiger partial charge on any atom is 0.252 e. The molecule has 1 unspecified atom stereocenters. The van der Waals surface area contributed by atoms with Gasteiger partial charge in [-0.25, -0.2) is 22.2 Å². The summed E-state index contributed by atoms with van der Waals surface area (Å²) in [6.07, 6.45) is 1.03. The van der Waals surface area contributed by atoms with Crippen LogP contribution in [0.15, 0.2) is 54.7 Å². The zero-order chi connectivity index (χ0) is 39.5. The van der Waals surface area contributed by atoms with E-state index in [-0.39, 0.29) is 60.5 Å². The van der Waals surface area contributed by atoms with E-state index in [0.29, 0.717) is 18.4 Å². The number of aromatic nitrogens is 7. The smallest absolute Gasteiger partial charge is 0.252 e. The summed E-state index contributed by atoms with van der Waals surface area (Å²) in [5.74, 6) is -8.04. The fourth-order valence-electron chi connectivity index (χ4n) is 8.09. The summed E-state index contributed by atoms with van der Waals surface area (Å²) in [7, 11) is 0. The molecular formula is C38H38F4N8O7. The molecule has 0 aliphatic carbocycles. The number of nitrogens with zero attached hydrogens (tertiary/aromatic N) is 7. The molecule has 0 saturated carbocycles. The number of hydrogen-bond acceptors (Lipinski definition) is 12. The summed E-state index contributed by atoms with van der Waals surface area (Å²) < 4.78 is 97.3. The van der Waals surface area contributed by atoms with Crippen molar-refractivity contribution in [3.8, 4) is 11.3 Å². The van der Waals surface area contributed by atoms with Crippen LogP contribution in [0.5, 0.6) is 0 Å². The number of amides is 1. The molecule has 7 atom stereocenters. The van der Waals surface area contributed by atoms with Crippen LogP contribution < -0.4 is 5.32 Å². The highest BCUT2D eigenvalue weighted by Crippen LogP contribution is 2.48. The maximum absolute atomic E-state index is 14.8. The molecule has 300 valence electrons. The van der Waals surface area contributed by atoms with E-state index >= 15 is 0 Å². The molecule has 57 heavy (non-hydrogen) atoms. The molecule has 4 saturated heterocycles.